The Morgan fingerprint density at radius 3 is 2.29 bits per heavy atom. The van der Waals surface area contributed by atoms with E-state index in [4.69, 9.17) is 5.84 Å². The van der Waals surface area contributed by atoms with Gasteiger partial charge >= 0.3 is 0 Å². The van der Waals surface area contributed by atoms with Gasteiger partial charge in [0, 0.05) is 5.92 Å². The maximum Gasteiger partial charge on any atom is 0.237 e. The Labute approximate surface area is 85.8 Å². The molecule has 2 atom stereocenters. The number of aliphatic hydroxyl groups is 1. The van der Waals surface area contributed by atoms with Crippen LogP contribution in [0.4, 0.5) is 0 Å². The highest BCUT2D eigenvalue weighted by molar-refractivity contribution is 5.77. The van der Waals surface area contributed by atoms with Crippen LogP contribution in [0.25, 0.3) is 0 Å². The van der Waals surface area contributed by atoms with Crippen molar-refractivity contribution in [2.45, 2.75) is 46.1 Å². The van der Waals surface area contributed by atoms with E-state index < -0.39 is 6.10 Å². The highest BCUT2D eigenvalue weighted by Crippen LogP contribution is 2.17. The van der Waals surface area contributed by atoms with Gasteiger partial charge in [-0.15, -0.1) is 0 Å². The third-order valence-electron chi connectivity index (χ3n) is 2.23. The second kappa shape index (κ2) is 6.79. The van der Waals surface area contributed by atoms with Crippen LogP contribution >= 0.6 is 0 Å². The van der Waals surface area contributed by atoms with E-state index in [1.54, 1.807) is 6.92 Å². The molecule has 0 aliphatic carbocycles. The van der Waals surface area contributed by atoms with Crippen LogP contribution in [0.5, 0.6) is 0 Å². The molecular formula is C10H22N2O2. The summed E-state index contributed by atoms with van der Waals surface area (Å²) in [6, 6.07) is 0. The molecule has 0 fully saturated rings. The predicted octanol–water partition coefficient (Wildman–Crippen LogP) is 0.800. The Balaban J connectivity index is 4.04. The van der Waals surface area contributed by atoms with Gasteiger partial charge in [-0.2, -0.15) is 0 Å². The summed E-state index contributed by atoms with van der Waals surface area (Å²) in [7, 11) is 0. The van der Waals surface area contributed by atoms with E-state index in [9.17, 15) is 9.90 Å². The predicted molar refractivity (Wildman–Crippen MR) is 56.2 cm³/mol. The first-order valence-electron chi connectivity index (χ1n) is 5.15. The summed E-state index contributed by atoms with van der Waals surface area (Å²) in [5.74, 6) is 5.30. The Kier molecular flexibility index (Phi) is 6.49. The number of amides is 1. The number of hydrogen-bond acceptors (Lipinski definition) is 3. The van der Waals surface area contributed by atoms with Gasteiger partial charge in [0.15, 0.2) is 0 Å². The van der Waals surface area contributed by atoms with Crippen molar-refractivity contribution >= 4 is 5.91 Å². The summed E-state index contributed by atoms with van der Waals surface area (Å²) < 4.78 is 0. The summed E-state index contributed by atoms with van der Waals surface area (Å²) >= 11 is 0. The van der Waals surface area contributed by atoms with Crippen LogP contribution in [0.2, 0.25) is 0 Å². The fourth-order valence-corrected chi connectivity index (χ4v) is 1.42. The highest BCUT2D eigenvalue weighted by atomic mass is 16.3. The summed E-state index contributed by atoms with van der Waals surface area (Å²) in [6.07, 6.45) is 1.79. The largest absolute Gasteiger partial charge is 0.393 e. The van der Waals surface area contributed by atoms with Crippen LogP contribution in [0.15, 0.2) is 0 Å². The molecule has 4 N–H and O–H groups in total. The van der Waals surface area contributed by atoms with Gasteiger partial charge in [0.25, 0.3) is 0 Å². The summed E-state index contributed by atoms with van der Waals surface area (Å²) in [6.45, 7) is 5.91. The van der Waals surface area contributed by atoms with Crippen molar-refractivity contribution in [3.63, 3.8) is 0 Å². The zero-order valence-electron chi connectivity index (χ0n) is 9.29. The van der Waals surface area contributed by atoms with E-state index in [1.807, 2.05) is 0 Å². The molecule has 0 rings (SSSR count). The number of aliphatic hydroxyl groups excluding tert-OH is 1. The third kappa shape index (κ3) is 5.94. The van der Waals surface area contributed by atoms with Gasteiger partial charge in [-0.1, -0.05) is 20.3 Å². The lowest BCUT2D eigenvalue weighted by molar-refractivity contribution is -0.126. The van der Waals surface area contributed by atoms with Gasteiger partial charge in [0.1, 0.15) is 0 Å². The Hall–Kier alpha value is -0.610. The number of nitrogens with one attached hydrogen (secondary N) is 1. The lowest BCUT2D eigenvalue weighted by Gasteiger charge is -2.17. The summed E-state index contributed by atoms with van der Waals surface area (Å²) in [4.78, 5) is 11.3. The van der Waals surface area contributed by atoms with Gasteiger partial charge in [-0.05, 0) is 25.7 Å². The molecule has 0 aliphatic rings. The Morgan fingerprint density at radius 1 is 1.36 bits per heavy atom. The zero-order valence-corrected chi connectivity index (χ0v) is 9.29. The molecule has 0 bridgehead atoms. The van der Waals surface area contributed by atoms with Gasteiger partial charge in [0.2, 0.25) is 5.91 Å². The SMILES string of the molecule is CC(C)CC[C@@H](C[C@@H](C)O)C(=O)NN. The average Bonchev–Trinajstić information content (AvgIpc) is 2.10. The molecule has 0 aliphatic heterocycles. The molecule has 14 heavy (non-hydrogen) atoms. The molecule has 0 aromatic heterocycles. The minimum atomic E-state index is -0.454. The average molecular weight is 202 g/mol. The van der Waals surface area contributed by atoms with Crippen molar-refractivity contribution < 1.29 is 9.90 Å². The topological polar surface area (TPSA) is 75.3 Å². The van der Waals surface area contributed by atoms with Crippen molar-refractivity contribution in [2.75, 3.05) is 0 Å². The maximum absolute atomic E-state index is 11.3. The fourth-order valence-electron chi connectivity index (χ4n) is 1.42. The van der Waals surface area contributed by atoms with Gasteiger partial charge in [-0.3, -0.25) is 10.2 Å². The van der Waals surface area contributed by atoms with Crippen LogP contribution in [0.3, 0.4) is 0 Å². The third-order valence-corrected chi connectivity index (χ3v) is 2.23. The molecule has 1 amide bonds. The van der Waals surface area contributed by atoms with Gasteiger partial charge < -0.3 is 5.11 Å². The molecular weight excluding hydrogens is 180 g/mol. The number of hydrazine groups is 1. The number of rotatable bonds is 6. The normalized spacial score (nSPS) is 15.3. The second-order valence-corrected chi connectivity index (χ2v) is 4.26. The van der Waals surface area contributed by atoms with Crippen molar-refractivity contribution in [3.05, 3.63) is 0 Å². The molecule has 0 heterocycles. The smallest absolute Gasteiger partial charge is 0.237 e. The first-order chi connectivity index (χ1) is 6.47. The van der Waals surface area contributed by atoms with Crippen LogP contribution in [0, 0.1) is 11.8 Å². The summed E-state index contributed by atoms with van der Waals surface area (Å²) in [5.41, 5.74) is 2.14. The van der Waals surface area contributed by atoms with E-state index in [0.29, 0.717) is 12.3 Å². The second-order valence-electron chi connectivity index (χ2n) is 4.26. The van der Waals surface area contributed by atoms with Crippen LogP contribution in [0.1, 0.15) is 40.0 Å². The molecule has 84 valence electrons. The number of nitrogens with two attached hydrogens (primary N) is 1. The monoisotopic (exact) mass is 202 g/mol. The number of carbonyl (C=O) groups excluding carboxylic acids is 1. The zero-order chi connectivity index (χ0) is 11.1. The van der Waals surface area contributed by atoms with Crippen molar-refractivity contribution in [2.24, 2.45) is 17.7 Å². The van der Waals surface area contributed by atoms with Crippen molar-refractivity contribution in [1.82, 2.24) is 5.43 Å². The molecule has 0 unspecified atom stereocenters. The molecule has 0 saturated carbocycles. The molecule has 0 saturated heterocycles. The van der Waals surface area contributed by atoms with E-state index in [0.717, 1.165) is 12.8 Å². The Morgan fingerprint density at radius 2 is 1.93 bits per heavy atom. The van der Waals surface area contributed by atoms with Gasteiger partial charge in [0.05, 0.1) is 6.10 Å². The molecule has 0 radical (unpaired) electrons. The van der Waals surface area contributed by atoms with E-state index >= 15 is 0 Å². The van der Waals surface area contributed by atoms with Crippen molar-refractivity contribution in [3.8, 4) is 0 Å². The lowest BCUT2D eigenvalue weighted by atomic mass is 9.92. The minimum Gasteiger partial charge on any atom is -0.393 e. The van der Waals surface area contributed by atoms with Crippen LogP contribution < -0.4 is 11.3 Å². The van der Waals surface area contributed by atoms with E-state index in [1.165, 1.54) is 0 Å². The van der Waals surface area contributed by atoms with Crippen LogP contribution in [-0.2, 0) is 4.79 Å². The highest BCUT2D eigenvalue weighted by Gasteiger charge is 2.19. The molecule has 4 heteroatoms. The van der Waals surface area contributed by atoms with Gasteiger partial charge in [-0.25, -0.2) is 5.84 Å². The first-order valence-corrected chi connectivity index (χ1v) is 5.15. The lowest BCUT2D eigenvalue weighted by Crippen LogP contribution is -2.37. The number of carbonyl (C=O) groups is 1. The molecule has 0 aromatic rings. The molecule has 0 spiro atoms. The summed E-state index contributed by atoms with van der Waals surface area (Å²) in [5, 5.41) is 9.21. The van der Waals surface area contributed by atoms with E-state index in [-0.39, 0.29) is 11.8 Å². The van der Waals surface area contributed by atoms with Crippen molar-refractivity contribution in [1.29, 1.82) is 0 Å². The minimum absolute atomic E-state index is 0.164. The fraction of sp³-hybridized carbons (Fsp3) is 0.900. The van der Waals surface area contributed by atoms with Crippen LogP contribution in [-0.4, -0.2) is 17.1 Å². The quantitative estimate of drug-likeness (QED) is 0.339. The maximum atomic E-state index is 11.3. The first kappa shape index (κ1) is 13.4. The standard InChI is InChI=1S/C10H22N2O2/c1-7(2)4-5-9(6-8(3)13)10(14)12-11/h7-9,13H,4-6,11H2,1-3H3,(H,12,14)/t8-,9+/m1/s1. The number of hydrogen-bond donors (Lipinski definition) is 3. The van der Waals surface area contributed by atoms with E-state index in [2.05, 4.69) is 19.3 Å². The molecule has 4 nitrogen and oxygen atoms in total. The Bertz CT molecular complexity index is 170. The molecule has 0 aromatic carbocycles.